The third-order valence-electron chi connectivity index (χ3n) is 2.89. The predicted molar refractivity (Wildman–Crippen MR) is 68.4 cm³/mol. The van der Waals surface area contributed by atoms with E-state index in [2.05, 4.69) is 18.0 Å². The van der Waals surface area contributed by atoms with Gasteiger partial charge in [0.25, 0.3) is 0 Å². The molecule has 1 aromatic carbocycles. The molecule has 1 N–H and O–H groups in total. The summed E-state index contributed by atoms with van der Waals surface area (Å²) >= 11 is 0. The molecular weight excluding hydrogens is 214 g/mol. The Morgan fingerprint density at radius 2 is 2.12 bits per heavy atom. The first-order valence-electron chi connectivity index (χ1n) is 5.95. The predicted octanol–water partition coefficient (Wildman–Crippen LogP) is 3.22. The van der Waals surface area contributed by atoms with Gasteiger partial charge in [0.1, 0.15) is 5.69 Å². The van der Waals surface area contributed by atoms with Crippen molar-refractivity contribution in [2.75, 3.05) is 6.61 Å². The zero-order chi connectivity index (χ0) is 12.4. The van der Waals surface area contributed by atoms with E-state index in [4.69, 9.17) is 4.74 Å². The zero-order valence-electron chi connectivity index (χ0n) is 10.5. The lowest BCUT2D eigenvalue weighted by Gasteiger charge is -2.01. The van der Waals surface area contributed by atoms with Gasteiger partial charge in [0, 0.05) is 10.9 Å². The fourth-order valence-corrected chi connectivity index (χ4v) is 2.11. The van der Waals surface area contributed by atoms with Crippen molar-refractivity contribution in [1.29, 1.82) is 0 Å². The molecule has 3 nitrogen and oxygen atoms in total. The molecule has 0 saturated heterocycles. The third-order valence-corrected chi connectivity index (χ3v) is 2.89. The van der Waals surface area contributed by atoms with E-state index in [1.165, 1.54) is 5.56 Å². The highest BCUT2D eigenvalue weighted by molar-refractivity contribution is 5.98. The van der Waals surface area contributed by atoms with Crippen LogP contribution in [0.1, 0.15) is 35.5 Å². The summed E-state index contributed by atoms with van der Waals surface area (Å²) in [6.45, 7) is 6.32. The molecule has 0 aliphatic rings. The molecule has 0 amide bonds. The maximum Gasteiger partial charge on any atom is 0.355 e. The van der Waals surface area contributed by atoms with Crippen molar-refractivity contribution in [2.45, 2.75) is 27.2 Å². The van der Waals surface area contributed by atoms with E-state index in [9.17, 15) is 4.79 Å². The first kappa shape index (κ1) is 11.7. The number of carbonyl (C=O) groups excluding carboxylic acids is 1. The maximum atomic E-state index is 11.8. The normalized spacial score (nSPS) is 10.8. The number of nitrogens with one attached hydrogen (secondary N) is 1. The molecule has 0 atom stereocenters. The second kappa shape index (κ2) is 4.62. The summed E-state index contributed by atoms with van der Waals surface area (Å²) in [7, 11) is 0. The number of carbonyl (C=O) groups is 1. The summed E-state index contributed by atoms with van der Waals surface area (Å²) in [6, 6.07) is 6.15. The van der Waals surface area contributed by atoms with Crippen molar-refractivity contribution in [3.8, 4) is 0 Å². The average Bonchev–Trinajstić information content (AvgIpc) is 2.67. The molecule has 2 aromatic rings. The standard InChI is InChI=1S/C14H17NO2/c1-4-10-11-8-9(3)6-7-12(11)15-13(10)14(16)17-5-2/h6-8,15H,4-5H2,1-3H3. The molecule has 0 radical (unpaired) electrons. The van der Waals surface area contributed by atoms with Gasteiger partial charge in [0.15, 0.2) is 0 Å². The van der Waals surface area contributed by atoms with E-state index in [0.29, 0.717) is 12.3 Å². The average molecular weight is 231 g/mol. The van der Waals surface area contributed by atoms with Crippen LogP contribution in [0.15, 0.2) is 18.2 Å². The van der Waals surface area contributed by atoms with Gasteiger partial charge in [-0.3, -0.25) is 0 Å². The Labute approximate surface area is 101 Å². The summed E-state index contributed by atoms with van der Waals surface area (Å²) in [5.41, 5.74) is 3.83. The minimum Gasteiger partial charge on any atom is -0.461 e. The molecule has 0 unspecified atom stereocenters. The maximum absolute atomic E-state index is 11.8. The summed E-state index contributed by atoms with van der Waals surface area (Å²) in [4.78, 5) is 15.0. The van der Waals surface area contributed by atoms with Gasteiger partial charge in [-0.2, -0.15) is 0 Å². The van der Waals surface area contributed by atoms with Crippen LogP contribution in [0, 0.1) is 6.92 Å². The van der Waals surface area contributed by atoms with Crippen LogP contribution in [0.4, 0.5) is 0 Å². The van der Waals surface area contributed by atoms with Crippen molar-refractivity contribution in [1.82, 2.24) is 4.98 Å². The molecule has 3 heteroatoms. The minimum atomic E-state index is -0.266. The number of benzene rings is 1. The molecule has 2 rings (SSSR count). The second-order valence-electron chi connectivity index (χ2n) is 4.10. The molecule has 1 heterocycles. The first-order valence-corrected chi connectivity index (χ1v) is 5.95. The van der Waals surface area contributed by atoms with Crippen molar-refractivity contribution in [3.63, 3.8) is 0 Å². The Morgan fingerprint density at radius 3 is 2.76 bits per heavy atom. The van der Waals surface area contributed by atoms with Crippen LogP contribution in [0.3, 0.4) is 0 Å². The third kappa shape index (κ3) is 2.05. The Bertz CT molecular complexity index is 555. The Morgan fingerprint density at radius 1 is 1.35 bits per heavy atom. The smallest absolute Gasteiger partial charge is 0.355 e. The number of esters is 1. The summed E-state index contributed by atoms with van der Waals surface area (Å²) < 4.78 is 5.06. The van der Waals surface area contributed by atoms with E-state index in [-0.39, 0.29) is 5.97 Å². The zero-order valence-corrected chi connectivity index (χ0v) is 10.5. The van der Waals surface area contributed by atoms with Crippen molar-refractivity contribution >= 4 is 16.9 Å². The van der Waals surface area contributed by atoms with Crippen molar-refractivity contribution in [3.05, 3.63) is 35.0 Å². The number of aryl methyl sites for hydroxylation is 2. The molecule has 0 bridgehead atoms. The van der Waals surface area contributed by atoms with Gasteiger partial charge >= 0.3 is 5.97 Å². The lowest BCUT2D eigenvalue weighted by Crippen LogP contribution is -2.07. The molecule has 0 fully saturated rings. The highest BCUT2D eigenvalue weighted by Gasteiger charge is 2.17. The van der Waals surface area contributed by atoms with Crippen molar-refractivity contribution < 1.29 is 9.53 Å². The summed E-state index contributed by atoms with van der Waals surface area (Å²) in [5, 5.41) is 1.12. The van der Waals surface area contributed by atoms with E-state index in [0.717, 1.165) is 22.9 Å². The van der Waals surface area contributed by atoms with Gasteiger partial charge in [0.2, 0.25) is 0 Å². The number of ether oxygens (including phenoxy) is 1. The number of aromatic nitrogens is 1. The minimum absolute atomic E-state index is 0.266. The van der Waals surface area contributed by atoms with Crippen LogP contribution in [0.25, 0.3) is 10.9 Å². The number of fused-ring (bicyclic) bond motifs is 1. The fourth-order valence-electron chi connectivity index (χ4n) is 2.11. The van der Waals surface area contributed by atoms with Crippen LogP contribution in [-0.2, 0) is 11.2 Å². The van der Waals surface area contributed by atoms with Crippen molar-refractivity contribution in [2.24, 2.45) is 0 Å². The van der Waals surface area contributed by atoms with Gasteiger partial charge in [-0.25, -0.2) is 4.79 Å². The van der Waals surface area contributed by atoms with Gasteiger partial charge in [-0.15, -0.1) is 0 Å². The molecule has 0 saturated carbocycles. The monoisotopic (exact) mass is 231 g/mol. The lowest BCUT2D eigenvalue weighted by molar-refractivity contribution is 0.0519. The van der Waals surface area contributed by atoms with E-state index in [1.54, 1.807) is 0 Å². The molecule has 0 spiro atoms. The van der Waals surface area contributed by atoms with Crippen LogP contribution < -0.4 is 0 Å². The quantitative estimate of drug-likeness (QED) is 0.824. The van der Waals surface area contributed by atoms with E-state index < -0.39 is 0 Å². The summed E-state index contributed by atoms with van der Waals surface area (Å²) in [6.07, 6.45) is 0.817. The number of aromatic amines is 1. The largest absolute Gasteiger partial charge is 0.461 e. The molecule has 90 valence electrons. The second-order valence-corrected chi connectivity index (χ2v) is 4.10. The number of hydrogen-bond acceptors (Lipinski definition) is 2. The number of H-pyrrole nitrogens is 1. The Kier molecular flexibility index (Phi) is 3.18. The highest BCUT2D eigenvalue weighted by atomic mass is 16.5. The van der Waals surface area contributed by atoms with Gasteiger partial charge in [-0.05, 0) is 38.0 Å². The SMILES string of the molecule is CCOC(=O)c1[nH]c2ccc(C)cc2c1CC. The molecule has 17 heavy (non-hydrogen) atoms. The number of hydrogen-bond donors (Lipinski definition) is 1. The topological polar surface area (TPSA) is 42.1 Å². The van der Waals surface area contributed by atoms with Crippen LogP contribution >= 0.6 is 0 Å². The molecule has 1 aromatic heterocycles. The van der Waals surface area contributed by atoms with Crippen LogP contribution in [-0.4, -0.2) is 17.6 Å². The Balaban J connectivity index is 2.60. The van der Waals surface area contributed by atoms with Gasteiger partial charge < -0.3 is 9.72 Å². The highest BCUT2D eigenvalue weighted by Crippen LogP contribution is 2.24. The van der Waals surface area contributed by atoms with Gasteiger partial charge in [0.05, 0.1) is 6.61 Å². The van der Waals surface area contributed by atoms with Crippen LogP contribution in [0.2, 0.25) is 0 Å². The molecular formula is C14H17NO2. The summed E-state index contributed by atoms with van der Waals surface area (Å²) in [5.74, 6) is -0.266. The van der Waals surface area contributed by atoms with Gasteiger partial charge in [-0.1, -0.05) is 18.6 Å². The first-order chi connectivity index (χ1) is 8.17. The van der Waals surface area contributed by atoms with E-state index in [1.807, 2.05) is 26.0 Å². The fraction of sp³-hybridized carbons (Fsp3) is 0.357. The molecule has 0 aliphatic heterocycles. The lowest BCUT2D eigenvalue weighted by atomic mass is 10.1. The van der Waals surface area contributed by atoms with Crippen LogP contribution in [0.5, 0.6) is 0 Å². The van der Waals surface area contributed by atoms with E-state index >= 15 is 0 Å². The number of rotatable bonds is 3. The molecule has 0 aliphatic carbocycles. The Hall–Kier alpha value is -1.77.